The van der Waals surface area contributed by atoms with Crippen LogP contribution in [-0.2, 0) is 9.47 Å². The number of hydrogen-bond donors (Lipinski definition) is 3. The van der Waals surface area contributed by atoms with E-state index in [1.165, 1.54) is 0 Å². The van der Waals surface area contributed by atoms with Gasteiger partial charge in [-0.25, -0.2) is 0 Å². The van der Waals surface area contributed by atoms with Gasteiger partial charge in [0.05, 0.1) is 31.5 Å². The summed E-state index contributed by atoms with van der Waals surface area (Å²) in [7, 11) is 0. The Morgan fingerprint density at radius 1 is 0.889 bits per heavy atom. The molecule has 1 atom stereocenters. The van der Waals surface area contributed by atoms with Gasteiger partial charge in [-0.3, -0.25) is 0 Å². The van der Waals surface area contributed by atoms with E-state index in [4.69, 9.17) is 9.47 Å². The first-order chi connectivity index (χ1) is 7.99. The summed E-state index contributed by atoms with van der Waals surface area (Å²) >= 11 is 0. The smallest absolute Gasteiger partial charge is 0.216 e. The molecule has 0 aromatic carbocycles. The minimum atomic E-state index is -1.50. The van der Waals surface area contributed by atoms with Crippen LogP contribution in [0.25, 0.3) is 0 Å². The highest BCUT2D eigenvalue weighted by atomic mass is 16.7. The van der Waals surface area contributed by atoms with Crippen LogP contribution >= 0.6 is 0 Å². The summed E-state index contributed by atoms with van der Waals surface area (Å²) in [5.74, 6) is -1.50. The molecular weight excluding hydrogens is 236 g/mol. The van der Waals surface area contributed by atoms with Gasteiger partial charge in [-0.05, 0) is 26.2 Å². The molecule has 5 heteroatoms. The van der Waals surface area contributed by atoms with Crippen molar-refractivity contribution in [3.63, 3.8) is 0 Å². The molecule has 0 bridgehead atoms. The van der Waals surface area contributed by atoms with E-state index in [1.54, 1.807) is 0 Å². The van der Waals surface area contributed by atoms with Crippen molar-refractivity contribution >= 4 is 0 Å². The number of ether oxygens (including phenoxy) is 2. The molecule has 0 aliphatic rings. The lowest BCUT2D eigenvalue weighted by Gasteiger charge is -2.41. The summed E-state index contributed by atoms with van der Waals surface area (Å²) in [5, 5.41) is 28.3. The maximum Gasteiger partial charge on any atom is 0.216 e. The normalized spacial score (nSPS) is 15.8. The quantitative estimate of drug-likeness (QED) is 0.621. The Hall–Kier alpha value is -0.200. The first-order valence-electron chi connectivity index (χ1n) is 6.20. The molecule has 110 valence electrons. The standard InChI is InChI=1S/C13H28O5/c1-11(2,3)10(7-14)17-13(8-15,9-16)18-12(4,5)6/h10,14-16H,7-9H2,1-6H3. The predicted octanol–water partition coefficient (Wildman–Crippen LogP) is 0.906. The lowest BCUT2D eigenvalue weighted by molar-refractivity contribution is -0.333. The van der Waals surface area contributed by atoms with E-state index in [0.29, 0.717) is 0 Å². The molecule has 0 saturated heterocycles. The van der Waals surface area contributed by atoms with Gasteiger partial charge in [-0.2, -0.15) is 0 Å². The van der Waals surface area contributed by atoms with E-state index in [9.17, 15) is 15.3 Å². The Morgan fingerprint density at radius 2 is 1.33 bits per heavy atom. The Balaban J connectivity index is 5.00. The molecule has 0 radical (unpaired) electrons. The summed E-state index contributed by atoms with van der Waals surface area (Å²) in [4.78, 5) is 0. The fraction of sp³-hybridized carbons (Fsp3) is 1.00. The van der Waals surface area contributed by atoms with Crippen LogP contribution in [0.4, 0.5) is 0 Å². The molecule has 0 aliphatic carbocycles. The molecule has 0 fully saturated rings. The molecule has 3 N–H and O–H groups in total. The first-order valence-corrected chi connectivity index (χ1v) is 6.20. The second-order valence-electron chi connectivity index (χ2n) is 6.60. The fourth-order valence-corrected chi connectivity index (χ4v) is 1.52. The zero-order valence-electron chi connectivity index (χ0n) is 12.4. The highest BCUT2D eigenvalue weighted by Gasteiger charge is 2.40. The largest absolute Gasteiger partial charge is 0.394 e. The van der Waals surface area contributed by atoms with Crippen LogP contribution in [-0.4, -0.2) is 52.6 Å². The van der Waals surface area contributed by atoms with Crippen molar-refractivity contribution in [3.8, 4) is 0 Å². The van der Waals surface area contributed by atoms with Crippen molar-refractivity contribution in [2.45, 2.75) is 59.0 Å². The number of aliphatic hydroxyl groups excluding tert-OH is 3. The van der Waals surface area contributed by atoms with Crippen LogP contribution in [0.15, 0.2) is 0 Å². The molecule has 0 saturated carbocycles. The molecule has 0 heterocycles. The van der Waals surface area contributed by atoms with Crippen molar-refractivity contribution in [1.82, 2.24) is 0 Å². The highest BCUT2D eigenvalue weighted by Crippen LogP contribution is 2.29. The highest BCUT2D eigenvalue weighted by molar-refractivity contribution is 4.80. The predicted molar refractivity (Wildman–Crippen MR) is 69.2 cm³/mol. The van der Waals surface area contributed by atoms with Gasteiger partial charge in [-0.1, -0.05) is 20.8 Å². The van der Waals surface area contributed by atoms with Crippen LogP contribution < -0.4 is 0 Å². The van der Waals surface area contributed by atoms with Gasteiger partial charge in [0, 0.05) is 0 Å². The van der Waals surface area contributed by atoms with Gasteiger partial charge >= 0.3 is 0 Å². The maximum absolute atomic E-state index is 9.46. The lowest BCUT2D eigenvalue weighted by Crippen LogP contribution is -2.53. The van der Waals surface area contributed by atoms with Gasteiger partial charge in [0.15, 0.2) is 0 Å². The Morgan fingerprint density at radius 3 is 1.56 bits per heavy atom. The van der Waals surface area contributed by atoms with Crippen molar-refractivity contribution < 1.29 is 24.8 Å². The zero-order chi connectivity index (χ0) is 14.6. The van der Waals surface area contributed by atoms with E-state index in [-0.39, 0.29) is 12.0 Å². The minimum absolute atomic E-state index is 0.210. The van der Waals surface area contributed by atoms with Crippen molar-refractivity contribution in [1.29, 1.82) is 0 Å². The summed E-state index contributed by atoms with van der Waals surface area (Å²) in [6, 6.07) is 0. The monoisotopic (exact) mass is 264 g/mol. The van der Waals surface area contributed by atoms with Crippen molar-refractivity contribution in [3.05, 3.63) is 0 Å². The third-order valence-electron chi connectivity index (χ3n) is 2.46. The van der Waals surface area contributed by atoms with E-state index in [2.05, 4.69) is 0 Å². The summed E-state index contributed by atoms with van der Waals surface area (Å²) in [6.07, 6.45) is -0.542. The van der Waals surface area contributed by atoms with Crippen LogP contribution in [0.1, 0.15) is 41.5 Å². The van der Waals surface area contributed by atoms with E-state index in [0.717, 1.165) is 0 Å². The number of rotatable bonds is 6. The molecule has 0 aromatic rings. The molecular formula is C13H28O5. The maximum atomic E-state index is 9.46. The van der Waals surface area contributed by atoms with Crippen LogP contribution in [0.5, 0.6) is 0 Å². The minimum Gasteiger partial charge on any atom is -0.394 e. The van der Waals surface area contributed by atoms with Crippen LogP contribution in [0, 0.1) is 5.41 Å². The van der Waals surface area contributed by atoms with E-state index >= 15 is 0 Å². The van der Waals surface area contributed by atoms with E-state index in [1.807, 2.05) is 41.5 Å². The third-order valence-corrected chi connectivity index (χ3v) is 2.46. The van der Waals surface area contributed by atoms with Crippen molar-refractivity contribution in [2.24, 2.45) is 5.41 Å². The van der Waals surface area contributed by atoms with Crippen LogP contribution in [0.2, 0.25) is 0 Å². The number of hydrogen-bond acceptors (Lipinski definition) is 5. The molecule has 0 rings (SSSR count). The Labute approximate surface area is 110 Å². The van der Waals surface area contributed by atoms with Gasteiger partial charge in [-0.15, -0.1) is 0 Å². The average molecular weight is 264 g/mol. The molecule has 0 amide bonds. The molecule has 18 heavy (non-hydrogen) atoms. The fourth-order valence-electron chi connectivity index (χ4n) is 1.52. The van der Waals surface area contributed by atoms with Gasteiger partial charge in [0.2, 0.25) is 5.79 Å². The Bertz CT molecular complexity index is 235. The van der Waals surface area contributed by atoms with Gasteiger partial charge in [0.25, 0.3) is 0 Å². The molecule has 0 aliphatic heterocycles. The zero-order valence-corrected chi connectivity index (χ0v) is 12.4. The average Bonchev–Trinajstić information content (AvgIpc) is 2.20. The number of aliphatic hydroxyl groups is 3. The van der Waals surface area contributed by atoms with Crippen LogP contribution in [0.3, 0.4) is 0 Å². The van der Waals surface area contributed by atoms with Gasteiger partial charge < -0.3 is 24.8 Å². The SMILES string of the molecule is CC(C)(C)OC(CO)(CO)OC(CO)C(C)(C)C. The first kappa shape index (κ1) is 17.8. The van der Waals surface area contributed by atoms with Gasteiger partial charge in [0.1, 0.15) is 0 Å². The van der Waals surface area contributed by atoms with Crippen molar-refractivity contribution in [2.75, 3.05) is 19.8 Å². The summed E-state index contributed by atoms with van der Waals surface area (Å²) < 4.78 is 11.3. The second-order valence-corrected chi connectivity index (χ2v) is 6.60. The third kappa shape index (κ3) is 5.63. The molecule has 0 spiro atoms. The van der Waals surface area contributed by atoms with E-state index < -0.39 is 30.7 Å². The summed E-state index contributed by atoms with van der Waals surface area (Å²) in [5.41, 5.74) is -0.908. The molecule has 5 nitrogen and oxygen atoms in total. The topological polar surface area (TPSA) is 79.2 Å². The molecule has 0 aromatic heterocycles. The lowest BCUT2D eigenvalue weighted by atomic mass is 9.89. The summed E-state index contributed by atoms with van der Waals surface area (Å²) in [6.45, 7) is 9.98. The molecule has 1 unspecified atom stereocenters. The second kappa shape index (κ2) is 6.30. The Kier molecular flexibility index (Phi) is 6.23.